The Labute approximate surface area is 122 Å². The van der Waals surface area contributed by atoms with Crippen LogP contribution in [0.15, 0.2) is 18.2 Å². The van der Waals surface area contributed by atoms with Crippen LogP contribution in [0.1, 0.15) is 12.8 Å². The average Bonchev–Trinajstić information content (AvgIpc) is 2.87. The Balaban J connectivity index is 1.72. The molecule has 1 unspecified atom stereocenters. The van der Waals surface area contributed by atoms with Gasteiger partial charge in [0.05, 0.1) is 16.7 Å². The van der Waals surface area contributed by atoms with Gasteiger partial charge in [-0.3, -0.25) is 5.32 Å². The molecule has 1 saturated heterocycles. The van der Waals surface area contributed by atoms with Crippen LogP contribution < -0.4 is 10.6 Å². The zero-order valence-corrected chi connectivity index (χ0v) is 11.9. The van der Waals surface area contributed by atoms with Crippen molar-refractivity contribution in [3.05, 3.63) is 28.2 Å². The molecule has 104 valence electrons. The lowest BCUT2D eigenvalue weighted by Gasteiger charge is -2.10. The molecule has 0 radical (unpaired) electrons. The Kier molecular flexibility index (Phi) is 5.31. The molecule has 1 aliphatic heterocycles. The molecule has 1 aromatic carbocycles. The first-order valence-electron chi connectivity index (χ1n) is 6.24. The minimum atomic E-state index is -0.468. The monoisotopic (exact) mass is 302 g/mol. The van der Waals surface area contributed by atoms with Crippen LogP contribution >= 0.6 is 23.2 Å². The molecular weight excluding hydrogens is 287 g/mol. The third-order valence-corrected chi connectivity index (χ3v) is 3.83. The summed E-state index contributed by atoms with van der Waals surface area (Å²) < 4.78 is 5.12. The van der Waals surface area contributed by atoms with Crippen LogP contribution in [0.25, 0.3) is 0 Å². The van der Waals surface area contributed by atoms with Gasteiger partial charge >= 0.3 is 6.09 Å². The lowest BCUT2D eigenvalue weighted by molar-refractivity contribution is 0.154. The highest BCUT2D eigenvalue weighted by molar-refractivity contribution is 6.42. The minimum Gasteiger partial charge on any atom is -0.449 e. The number of halogens is 2. The van der Waals surface area contributed by atoms with Gasteiger partial charge in [-0.25, -0.2) is 4.79 Å². The van der Waals surface area contributed by atoms with Gasteiger partial charge in [-0.1, -0.05) is 23.2 Å². The zero-order valence-electron chi connectivity index (χ0n) is 10.4. The van der Waals surface area contributed by atoms with Gasteiger partial charge in [0.25, 0.3) is 0 Å². The molecule has 1 amide bonds. The maximum atomic E-state index is 11.6. The molecule has 19 heavy (non-hydrogen) atoms. The Bertz CT molecular complexity index is 448. The fourth-order valence-corrected chi connectivity index (χ4v) is 2.31. The van der Waals surface area contributed by atoms with Crippen molar-refractivity contribution >= 4 is 35.0 Å². The van der Waals surface area contributed by atoms with E-state index in [0.29, 0.717) is 28.3 Å². The molecule has 4 nitrogen and oxygen atoms in total. The maximum absolute atomic E-state index is 11.6. The lowest BCUT2D eigenvalue weighted by atomic mass is 10.1. The molecule has 2 rings (SSSR count). The predicted octanol–water partition coefficient (Wildman–Crippen LogP) is 3.54. The number of ether oxygens (including phenoxy) is 1. The van der Waals surface area contributed by atoms with Crippen molar-refractivity contribution in [3.63, 3.8) is 0 Å². The molecule has 2 N–H and O–H groups in total. The third-order valence-electron chi connectivity index (χ3n) is 3.09. The Morgan fingerprint density at radius 1 is 1.42 bits per heavy atom. The van der Waals surface area contributed by atoms with Crippen LogP contribution in [0.3, 0.4) is 0 Å². The number of rotatable bonds is 4. The molecule has 1 fully saturated rings. The summed E-state index contributed by atoms with van der Waals surface area (Å²) in [6, 6.07) is 4.89. The van der Waals surface area contributed by atoms with Crippen LogP contribution in [0.5, 0.6) is 0 Å². The van der Waals surface area contributed by atoms with Crippen molar-refractivity contribution in [1.82, 2.24) is 5.32 Å². The summed E-state index contributed by atoms with van der Waals surface area (Å²) in [7, 11) is 0. The van der Waals surface area contributed by atoms with Gasteiger partial charge in [0.15, 0.2) is 0 Å². The molecule has 6 heteroatoms. The van der Waals surface area contributed by atoms with E-state index in [2.05, 4.69) is 10.6 Å². The molecule has 0 saturated carbocycles. The standard InChI is InChI=1S/C13H16Cl2N2O2/c14-11-2-1-10(7-12(11)15)17-13(18)19-6-4-9-3-5-16-8-9/h1-2,7,9,16H,3-6,8H2,(H,17,18). The number of hydrogen-bond acceptors (Lipinski definition) is 3. The maximum Gasteiger partial charge on any atom is 0.411 e. The largest absolute Gasteiger partial charge is 0.449 e. The number of carbonyl (C=O) groups is 1. The van der Waals surface area contributed by atoms with E-state index in [0.717, 1.165) is 25.9 Å². The molecule has 0 spiro atoms. The van der Waals surface area contributed by atoms with E-state index in [4.69, 9.17) is 27.9 Å². The van der Waals surface area contributed by atoms with Gasteiger partial charge in [-0.15, -0.1) is 0 Å². The summed E-state index contributed by atoms with van der Waals surface area (Å²) in [5, 5.41) is 6.75. The van der Waals surface area contributed by atoms with E-state index in [1.807, 2.05) is 0 Å². The average molecular weight is 303 g/mol. The smallest absolute Gasteiger partial charge is 0.411 e. The Hall–Kier alpha value is -0.970. The molecule has 1 heterocycles. The molecule has 1 aliphatic rings. The summed E-state index contributed by atoms with van der Waals surface area (Å²) in [4.78, 5) is 11.6. The van der Waals surface area contributed by atoms with Gasteiger partial charge in [-0.05, 0) is 50.0 Å². The van der Waals surface area contributed by atoms with Crippen molar-refractivity contribution < 1.29 is 9.53 Å². The van der Waals surface area contributed by atoms with E-state index < -0.39 is 6.09 Å². The summed E-state index contributed by atoms with van der Waals surface area (Å²) in [5.74, 6) is 0.609. The van der Waals surface area contributed by atoms with E-state index in [9.17, 15) is 4.79 Å². The van der Waals surface area contributed by atoms with Crippen LogP contribution in [0.2, 0.25) is 10.0 Å². The zero-order chi connectivity index (χ0) is 13.7. The molecule has 0 aliphatic carbocycles. The quantitative estimate of drug-likeness (QED) is 0.894. The first-order chi connectivity index (χ1) is 9.15. The number of anilines is 1. The Morgan fingerprint density at radius 2 is 2.26 bits per heavy atom. The number of nitrogens with one attached hydrogen (secondary N) is 2. The van der Waals surface area contributed by atoms with Crippen LogP contribution in [-0.4, -0.2) is 25.8 Å². The van der Waals surface area contributed by atoms with Gasteiger partial charge < -0.3 is 10.1 Å². The van der Waals surface area contributed by atoms with E-state index in [-0.39, 0.29) is 0 Å². The number of carbonyl (C=O) groups excluding carboxylic acids is 1. The second kappa shape index (κ2) is 6.98. The van der Waals surface area contributed by atoms with Crippen molar-refractivity contribution in [2.45, 2.75) is 12.8 Å². The highest BCUT2D eigenvalue weighted by Crippen LogP contribution is 2.25. The third kappa shape index (κ3) is 4.56. The molecular formula is C13H16Cl2N2O2. The fraction of sp³-hybridized carbons (Fsp3) is 0.462. The SMILES string of the molecule is O=C(Nc1ccc(Cl)c(Cl)c1)OCCC1CCNC1. The highest BCUT2D eigenvalue weighted by Gasteiger charge is 2.14. The van der Waals surface area contributed by atoms with Crippen LogP contribution in [0.4, 0.5) is 10.5 Å². The summed E-state index contributed by atoms with van der Waals surface area (Å²) in [5.41, 5.74) is 0.571. The van der Waals surface area contributed by atoms with E-state index >= 15 is 0 Å². The van der Waals surface area contributed by atoms with Gasteiger partial charge in [0.2, 0.25) is 0 Å². The first kappa shape index (κ1) is 14.4. The topological polar surface area (TPSA) is 50.4 Å². The molecule has 0 aromatic heterocycles. The summed E-state index contributed by atoms with van der Waals surface area (Å²) in [6.45, 7) is 2.50. The number of amides is 1. The second-order valence-corrected chi connectivity index (χ2v) is 5.35. The van der Waals surface area contributed by atoms with E-state index in [1.54, 1.807) is 18.2 Å². The molecule has 1 atom stereocenters. The van der Waals surface area contributed by atoms with Crippen LogP contribution in [0, 0.1) is 5.92 Å². The Morgan fingerprint density at radius 3 is 2.95 bits per heavy atom. The summed E-state index contributed by atoms with van der Waals surface area (Å²) >= 11 is 11.6. The molecule has 1 aromatic rings. The minimum absolute atomic E-state index is 0.400. The molecule has 0 bridgehead atoms. The lowest BCUT2D eigenvalue weighted by Crippen LogP contribution is -2.17. The van der Waals surface area contributed by atoms with Crippen molar-refractivity contribution in [2.75, 3.05) is 25.0 Å². The predicted molar refractivity (Wildman–Crippen MR) is 77.0 cm³/mol. The van der Waals surface area contributed by atoms with Crippen molar-refractivity contribution in [2.24, 2.45) is 5.92 Å². The summed E-state index contributed by atoms with van der Waals surface area (Å²) in [6.07, 6.45) is 1.57. The number of hydrogen-bond donors (Lipinski definition) is 2. The van der Waals surface area contributed by atoms with Crippen molar-refractivity contribution in [1.29, 1.82) is 0 Å². The first-order valence-corrected chi connectivity index (χ1v) is 7.00. The van der Waals surface area contributed by atoms with Gasteiger partial charge in [0, 0.05) is 5.69 Å². The second-order valence-electron chi connectivity index (χ2n) is 4.54. The van der Waals surface area contributed by atoms with Gasteiger partial charge in [-0.2, -0.15) is 0 Å². The number of benzene rings is 1. The van der Waals surface area contributed by atoms with Gasteiger partial charge in [0.1, 0.15) is 0 Å². The van der Waals surface area contributed by atoms with E-state index in [1.165, 1.54) is 0 Å². The normalized spacial score (nSPS) is 18.3. The van der Waals surface area contributed by atoms with Crippen molar-refractivity contribution in [3.8, 4) is 0 Å². The highest BCUT2D eigenvalue weighted by atomic mass is 35.5. The van der Waals surface area contributed by atoms with Crippen LogP contribution in [-0.2, 0) is 4.74 Å². The fourth-order valence-electron chi connectivity index (χ4n) is 2.01.